The average Bonchev–Trinajstić information content (AvgIpc) is 3.23. The third-order valence-corrected chi connectivity index (χ3v) is 4.60. The molecule has 0 bridgehead atoms. The Morgan fingerprint density at radius 2 is 2.05 bits per heavy atom. The molecule has 2 aliphatic rings. The van der Waals surface area contributed by atoms with E-state index in [0.29, 0.717) is 24.8 Å². The molecule has 1 spiro atoms. The van der Waals surface area contributed by atoms with Crippen LogP contribution in [0.15, 0.2) is 24.3 Å². The zero-order valence-corrected chi connectivity index (χ0v) is 11.3. The van der Waals surface area contributed by atoms with Gasteiger partial charge in [0.2, 0.25) is 12.3 Å². The van der Waals surface area contributed by atoms with E-state index in [1.807, 2.05) is 0 Å². The molecule has 7 heteroatoms. The fourth-order valence-corrected chi connectivity index (χ4v) is 3.39. The Morgan fingerprint density at radius 1 is 1.33 bits per heavy atom. The van der Waals surface area contributed by atoms with Crippen molar-refractivity contribution >= 4 is 18.0 Å². The number of hydrazine groups is 1. The Balaban J connectivity index is 1.92. The van der Waals surface area contributed by atoms with Crippen LogP contribution < -0.4 is 10.9 Å². The van der Waals surface area contributed by atoms with Crippen LogP contribution in [-0.2, 0) is 15.0 Å². The van der Waals surface area contributed by atoms with Crippen LogP contribution in [0, 0.1) is 15.5 Å². The van der Waals surface area contributed by atoms with Crippen molar-refractivity contribution in [2.75, 3.05) is 0 Å². The van der Waals surface area contributed by atoms with Crippen LogP contribution in [0.5, 0.6) is 0 Å². The number of non-ortho nitro benzene ring substituents is 1. The SMILES string of the molecule is O=CNNC(=O)C1(c2cccc([N+](=O)[O-])c2)CC2(CC2)C1. The van der Waals surface area contributed by atoms with Gasteiger partial charge in [0, 0.05) is 12.1 Å². The van der Waals surface area contributed by atoms with E-state index >= 15 is 0 Å². The topological polar surface area (TPSA) is 101 Å². The predicted molar refractivity (Wildman–Crippen MR) is 73.0 cm³/mol. The lowest BCUT2D eigenvalue weighted by Gasteiger charge is -2.47. The lowest BCUT2D eigenvalue weighted by atomic mass is 9.56. The van der Waals surface area contributed by atoms with Crippen LogP contribution in [0.1, 0.15) is 31.2 Å². The molecule has 3 rings (SSSR count). The second-order valence-corrected chi connectivity index (χ2v) is 5.96. The molecule has 0 saturated heterocycles. The number of rotatable bonds is 5. The van der Waals surface area contributed by atoms with Gasteiger partial charge in [-0.1, -0.05) is 12.1 Å². The van der Waals surface area contributed by atoms with E-state index in [1.165, 1.54) is 12.1 Å². The standard InChI is InChI=1S/C14H15N3O4/c18-9-15-16-12(19)14(7-13(8-14)4-5-13)10-2-1-3-11(6-10)17(20)21/h1-3,6,9H,4-5,7-8H2,(H,15,18)(H,16,19). The summed E-state index contributed by atoms with van der Waals surface area (Å²) in [7, 11) is 0. The van der Waals surface area contributed by atoms with E-state index in [2.05, 4.69) is 10.9 Å². The average molecular weight is 289 g/mol. The molecule has 110 valence electrons. The van der Waals surface area contributed by atoms with E-state index in [1.54, 1.807) is 12.1 Å². The smallest absolute Gasteiger partial charge is 0.269 e. The van der Waals surface area contributed by atoms with Crippen molar-refractivity contribution in [1.82, 2.24) is 10.9 Å². The van der Waals surface area contributed by atoms with Crippen LogP contribution in [0.2, 0.25) is 0 Å². The second-order valence-electron chi connectivity index (χ2n) is 5.96. The number of carbonyl (C=O) groups excluding carboxylic acids is 2. The maximum absolute atomic E-state index is 12.4. The normalized spacial score (nSPS) is 20.2. The Hall–Kier alpha value is -2.44. The van der Waals surface area contributed by atoms with Gasteiger partial charge in [-0.15, -0.1) is 0 Å². The number of nitro benzene ring substituents is 1. The summed E-state index contributed by atoms with van der Waals surface area (Å²) >= 11 is 0. The van der Waals surface area contributed by atoms with Gasteiger partial charge in [-0.2, -0.15) is 0 Å². The summed E-state index contributed by atoms with van der Waals surface area (Å²) in [5, 5.41) is 10.9. The third kappa shape index (κ3) is 2.14. The molecule has 0 radical (unpaired) electrons. The number of amides is 2. The van der Waals surface area contributed by atoms with E-state index in [9.17, 15) is 19.7 Å². The molecule has 2 aliphatic carbocycles. The van der Waals surface area contributed by atoms with E-state index in [4.69, 9.17) is 0 Å². The molecule has 0 heterocycles. The molecule has 1 aromatic carbocycles. The summed E-state index contributed by atoms with van der Waals surface area (Å²) in [6.45, 7) is 0. The minimum atomic E-state index is -0.779. The van der Waals surface area contributed by atoms with Crippen molar-refractivity contribution < 1.29 is 14.5 Å². The van der Waals surface area contributed by atoms with E-state index in [0.717, 1.165) is 12.8 Å². The van der Waals surface area contributed by atoms with Crippen molar-refractivity contribution in [1.29, 1.82) is 0 Å². The Morgan fingerprint density at radius 3 is 2.62 bits per heavy atom. The molecule has 2 N–H and O–H groups in total. The number of nitrogens with one attached hydrogen (secondary N) is 2. The van der Waals surface area contributed by atoms with Crippen molar-refractivity contribution in [2.45, 2.75) is 31.1 Å². The quantitative estimate of drug-likeness (QED) is 0.483. The Labute approximate surface area is 120 Å². The number of hydrogen-bond acceptors (Lipinski definition) is 4. The van der Waals surface area contributed by atoms with Gasteiger partial charge in [0.05, 0.1) is 10.3 Å². The van der Waals surface area contributed by atoms with Crippen molar-refractivity contribution in [3.05, 3.63) is 39.9 Å². The van der Waals surface area contributed by atoms with Gasteiger partial charge >= 0.3 is 0 Å². The zero-order chi connectivity index (χ0) is 15.1. The first-order valence-corrected chi connectivity index (χ1v) is 6.76. The molecule has 0 aliphatic heterocycles. The van der Waals surface area contributed by atoms with Gasteiger partial charge in [-0.05, 0) is 36.7 Å². The van der Waals surface area contributed by atoms with Crippen LogP contribution >= 0.6 is 0 Å². The van der Waals surface area contributed by atoms with Gasteiger partial charge in [0.15, 0.2) is 0 Å². The monoisotopic (exact) mass is 289 g/mol. The van der Waals surface area contributed by atoms with Crippen molar-refractivity contribution in [3.63, 3.8) is 0 Å². The highest BCUT2D eigenvalue weighted by molar-refractivity contribution is 5.90. The van der Waals surface area contributed by atoms with Crippen LogP contribution in [0.3, 0.4) is 0 Å². The highest BCUT2D eigenvalue weighted by Gasteiger charge is 2.64. The van der Waals surface area contributed by atoms with Crippen LogP contribution in [-0.4, -0.2) is 17.2 Å². The lowest BCUT2D eigenvalue weighted by molar-refractivity contribution is -0.385. The predicted octanol–water partition coefficient (Wildman–Crippen LogP) is 1.18. The first-order chi connectivity index (χ1) is 10.0. The van der Waals surface area contributed by atoms with Crippen LogP contribution in [0.25, 0.3) is 0 Å². The summed E-state index contributed by atoms with van der Waals surface area (Å²) in [6.07, 6.45) is 3.93. The fraction of sp³-hybridized carbons (Fsp3) is 0.429. The zero-order valence-electron chi connectivity index (χ0n) is 11.3. The third-order valence-electron chi connectivity index (χ3n) is 4.60. The molecule has 0 aromatic heterocycles. The summed E-state index contributed by atoms with van der Waals surface area (Å²) in [4.78, 5) is 33.2. The summed E-state index contributed by atoms with van der Waals surface area (Å²) in [5.41, 5.74) is 4.58. The maximum atomic E-state index is 12.4. The highest BCUT2D eigenvalue weighted by atomic mass is 16.6. The lowest BCUT2D eigenvalue weighted by Crippen LogP contribution is -2.56. The Bertz CT molecular complexity index is 616. The number of carbonyl (C=O) groups is 2. The number of benzene rings is 1. The number of nitrogens with zero attached hydrogens (tertiary/aromatic N) is 1. The van der Waals surface area contributed by atoms with Crippen LogP contribution in [0.4, 0.5) is 5.69 Å². The number of hydrogen-bond donors (Lipinski definition) is 2. The molecular weight excluding hydrogens is 274 g/mol. The minimum Gasteiger partial charge on any atom is -0.277 e. The second kappa shape index (κ2) is 4.54. The van der Waals surface area contributed by atoms with E-state index < -0.39 is 10.3 Å². The first kappa shape index (κ1) is 13.5. The van der Waals surface area contributed by atoms with Crippen molar-refractivity contribution in [2.24, 2.45) is 5.41 Å². The Kier molecular flexibility index (Phi) is 2.93. The van der Waals surface area contributed by atoms with Gasteiger partial charge in [0.25, 0.3) is 5.69 Å². The first-order valence-electron chi connectivity index (χ1n) is 6.76. The van der Waals surface area contributed by atoms with E-state index in [-0.39, 0.29) is 17.0 Å². The molecule has 21 heavy (non-hydrogen) atoms. The van der Waals surface area contributed by atoms with Gasteiger partial charge in [-0.3, -0.25) is 30.6 Å². The summed E-state index contributed by atoms with van der Waals surface area (Å²) in [5.74, 6) is -0.312. The molecular formula is C14H15N3O4. The highest BCUT2D eigenvalue weighted by Crippen LogP contribution is 2.69. The number of nitro groups is 1. The molecule has 2 fully saturated rings. The molecule has 7 nitrogen and oxygen atoms in total. The fourth-order valence-electron chi connectivity index (χ4n) is 3.39. The maximum Gasteiger partial charge on any atom is 0.269 e. The molecule has 2 saturated carbocycles. The summed E-state index contributed by atoms with van der Waals surface area (Å²) in [6, 6.07) is 6.19. The molecule has 1 aromatic rings. The summed E-state index contributed by atoms with van der Waals surface area (Å²) < 4.78 is 0. The molecule has 0 unspecified atom stereocenters. The van der Waals surface area contributed by atoms with Crippen molar-refractivity contribution in [3.8, 4) is 0 Å². The largest absolute Gasteiger partial charge is 0.277 e. The van der Waals surface area contributed by atoms with Gasteiger partial charge in [0.1, 0.15) is 0 Å². The minimum absolute atomic E-state index is 0.0280. The molecule has 0 atom stereocenters. The van der Waals surface area contributed by atoms with Gasteiger partial charge in [-0.25, -0.2) is 0 Å². The molecule has 2 amide bonds. The van der Waals surface area contributed by atoms with Gasteiger partial charge < -0.3 is 0 Å².